The number of aromatic hydroxyl groups is 1. The zero-order chi connectivity index (χ0) is 12.3. The van der Waals surface area contributed by atoms with E-state index in [2.05, 4.69) is 21.2 Å². The van der Waals surface area contributed by atoms with Crippen LogP contribution in [0.2, 0.25) is 0 Å². The number of furan rings is 1. The molecule has 1 aromatic carbocycles. The lowest BCUT2D eigenvalue weighted by Gasteiger charge is -2.04. The minimum Gasteiger partial charge on any atom is -0.507 e. The van der Waals surface area contributed by atoms with E-state index in [1.807, 2.05) is 0 Å². The van der Waals surface area contributed by atoms with Crippen molar-refractivity contribution in [2.45, 2.75) is 6.54 Å². The summed E-state index contributed by atoms with van der Waals surface area (Å²) in [7, 11) is 0. The van der Waals surface area contributed by atoms with Gasteiger partial charge in [0.2, 0.25) is 0 Å². The fourth-order valence-electron chi connectivity index (χ4n) is 1.34. The second-order valence-electron chi connectivity index (χ2n) is 3.43. The van der Waals surface area contributed by atoms with Gasteiger partial charge >= 0.3 is 0 Å². The molecule has 5 heteroatoms. The lowest BCUT2D eigenvalue weighted by Crippen LogP contribution is -2.22. The number of phenolic OH excluding ortho intramolecular Hbond substituents is 1. The monoisotopic (exact) mass is 295 g/mol. The first-order valence-electron chi connectivity index (χ1n) is 4.96. The Hall–Kier alpha value is -1.75. The molecule has 2 rings (SSSR count). The first-order valence-corrected chi connectivity index (χ1v) is 5.75. The van der Waals surface area contributed by atoms with Gasteiger partial charge in [0.25, 0.3) is 5.91 Å². The zero-order valence-electron chi connectivity index (χ0n) is 8.81. The van der Waals surface area contributed by atoms with Gasteiger partial charge in [0.05, 0.1) is 17.3 Å². The number of hydrogen-bond acceptors (Lipinski definition) is 3. The van der Waals surface area contributed by atoms with Crippen LogP contribution in [0.5, 0.6) is 5.75 Å². The van der Waals surface area contributed by atoms with Crippen molar-refractivity contribution in [3.63, 3.8) is 0 Å². The van der Waals surface area contributed by atoms with Crippen LogP contribution in [0.25, 0.3) is 0 Å². The smallest absolute Gasteiger partial charge is 0.251 e. The van der Waals surface area contributed by atoms with E-state index in [0.717, 1.165) is 0 Å². The quantitative estimate of drug-likeness (QED) is 0.915. The SMILES string of the molecule is O=C(NCc1ccco1)c1ccc(Br)c(O)c1. The fourth-order valence-corrected chi connectivity index (χ4v) is 1.58. The molecule has 1 amide bonds. The number of nitrogens with one attached hydrogen (secondary N) is 1. The molecule has 1 aromatic heterocycles. The number of rotatable bonds is 3. The number of carbonyl (C=O) groups excluding carboxylic acids is 1. The first-order chi connectivity index (χ1) is 8.16. The van der Waals surface area contributed by atoms with Crippen molar-refractivity contribution in [2.24, 2.45) is 0 Å². The number of amides is 1. The molecule has 17 heavy (non-hydrogen) atoms. The van der Waals surface area contributed by atoms with Crippen molar-refractivity contribution in [3.05, 3.63) is 52.4 Å². The summed E-state index contributed by atoms with van der Waals surface area (Å²) in [4.78, 5) is 11.7. The van der Waals surface area contributed by atoms with E-state index in [4.69, 9.17) is 4.42 Å². The Bertz CT molecular complexity index is 523. The van der Waals surface area contributed by atoms with E-state index >= 15 is 0 Å². The van der Waals surface area contributed by atoms with Gasteiger partial charge in [-0.05, 0) is 46.3 Å². The Morgan fingerprint density at radius 2 is 2.24 bits per heavy atom. The molecule has 4 nitrogen and oxygen atoms in total. The minimum absolute atomic E-state index is 0.0376. The fraction of sp³-hybridized carbons (Fsp3) is 0.0833. The molecule has 0 radical (unpaired) electrons. The number of phenols is 1. The van der Waals surface area contributed by atoms with Crippen LogP contribution in [0, 0.1) is 0 Å². The lowest BCUT2D eigenvalue weighted by atomic mass is 10.2. The summed E-state index contributed by atoms with van der Waals surface area (Å²) >= 11 is 3.15. The van der Waals surface area contributed by atoms with E-state index in [1.54, 1.807) is 30.5 Å². The Balaban J connectivity index is 2.02. The van der Waals surface area contributed by atoms with Gasteiger partial charge in [-0.3, -0.25) is 4.79 Å². The highest BCUT2D eigenvalue weighted by molar-refractivity contribution is 9.10. The van der Waals surface area contributed by atoms with Crippen molar-refractivity contribution < 1.29 is 14.3 Å². The van der Waals surface area contributed by atoms with Crippen LogP contribution in [0.15, 0.2) is 45.5 Å². The highest BCUT2D eigenvalue weighted by Gasteiger charge is 2.08. The van der Waals surface area contributed by atoms with Gasteiger partial charge in [-0.25, -0.2) is 0 Å². The largest absolute Gasteiger partial charge is 0.507 e. The summed E-state index contributed by atoms with van der Waals surface area (Å²) in [5.74, 6) is 0.458. The van der Waals surface area contributed by atoms with Crippen LogP contribution in [-0.4, -0.2) is 11.0 Å². The molecule has 0 saturated heterocycles. The summed E-state index contributed by atoms with van der Waals surface area (Å²) in [6.45, 7) is 0.322. The summed E-state index contributed by atoms with van der Waals surface area (Å²) < 4.78 is 5.65. The van der Waals surface area contributed by atoms with Crippen LogP contribution in [-0.2, 0) is 6.54 Å². The predicted molar refractivity (Wildman–Crippen MR) is 65.7 cm³/mol. The van der Waals surface area contributed by atoms with Gasteiger partial charge in [0, 0.05) is 5.56 Å². The van der Waals surface area contributed by atoms with E-state index in [1.165, 1.54) is 6.07 Å². The maximum Gasteiger partial charge on any atom is 0.251 e. The van der Waals surface area contributed by atoms with Gasteiger partial charge in [-0.15, -0.1) is 0 Å². The minimum atomic E-state index is -0.260. The number of carbonyl (C=O) groups is 1. The van der Waals surface area contributed by atoms with Gasteiger partial charge < -0.3 is 14.8 Å². The van der Waals surface area contributed by atoms with Crippen molar-refractivity contribution in [1.82, 2.24) is 5.32 Å². The third-order valence-corrected chi connectivity index (χ3v) is 2.88. The molecule has 0 saturated carbocycles. The Morgan fingerprint density at radius 3 is 2.88 bits per heavy atom. The highest BCUT2D eigenvalue weighted by Crippen LogP contribution is 2.24. The lowest BCUT2D eigenvalue weighted by molar-refractivity contribution is 0.0947. The average molecular weight is 296 g/mol. The normalized spacial score (nSPS) is 10.2. The van der Waals surface area contributed by atoms with E-state index in [0.29, 0.717) is 22.3 Å². The summed E-state index contributed by atoms with van der Waals surface area (Å²) in [6, 6.07) is 8.19. The Morgan fingerprint density at radius 1 is 1.41 bits per heavy atom. The molecule has 1 heterocycles. The molecular weight excluding hydrogens is 286 g/mol. The van der Waals surface area contributed by atoms with Crippen LogP contribution in [0.3, 0.4) is 0 Å². The predicted octanol–water partition coefficient (Wildman–Crippen LogP) is 2.68. The van der Waals surface area contributed by atoms with Crippen LogP contribution < -0.4 is 5.32 Å². The van der Waals surface area contributed by atoms with Crippen LogP contribution >= 0.6 is 15.9 Å². The second kappa shape index (κ2) is 5.05. The van der Waals surface area contributed by atoms with E-state index in [-0.39, 0.29) is 11.7 Å². The number of hydrogen-bond donors (Lipinski definition) is 2. The first kappa shape index (κ1) is 11.7. The van der Waals surface area contributed by atoms with Crippen LogP contribution in [0.4, 0.5) is 0 Å². The highest BCUT2D eigenvalue weighted by atomic mass is 79.9. The summed E-state index contributed by atoms with van der Waals surface area (Å²) in [5.41, 5.74) is 0.400. The molecule has 0 bridgehead atoms. The van der Waals surface area contributed by atoms with Gasteiger partial charge in [0.1, 0.15) is 11.5 Å². The number of benzene rings is 1. The Labute approximate surface area is 106 Å². The maximum atomic E-state index is 11.7. The molecule has 0 atom stereocenters. The molecule has 0 unspecified atom stereocenters. The third-order valence-electron chi connectivity index (χ3n) is 2.21. The zero-order valence-corrected chi connectivity index (χ0v) is 10.4. The van der Waals surface area contributed by atoms with Crippen molar-refractivity contribution in [3.8, 4) is 5.75 Å². The van der Waals surface area contributed by atoms with Gasteiger partial charge in [-0.1, -0.05) is 0 Å². The average Bonchev–Trinajstić information content (AvgIpc) is 2.82. The molecule has 0 fully saturated rings. The molecule has 0 aliphatic rings. The molecular formula is C12H10BrNO3. The Kier molecular flexibility index (Phi) is 3.49. The molecule has 0 aliphatic carbocycles. The molecule has 0 spiro atoms. The standard InChI is InChI=1S/C12H10BrNO3/c13-10-4-3-8(6-11(10)15)12(16)14-7-9-2-1-5-17-9/h1-6,15H,7H2,(H,14,16). The van der Waals surface area contributed by atoms with Crippen molar-refractivity contribution in [2.75, 3.05) is 0 Å². The van der Waals surface area contributed by atoms with E-state index < -0.39 is 0 Å². The van der Waals surface area contributed by atoms with Crippen molar-refractivity contribution >= 4 is 21.8 Å². The maximum absolute atomic E-state index is 11.7. The summed E-state index contributed by atoms with van der Waals surface area (Å²) in [5, 5.41) is 12.1. The van der Waals surface area contributed by atoms with Gasteiger partial charge in [0.15, 0.2) is 0 Å². The molecule has 2 aromatic rings. The van der Waals surface area contributed by atoms with Gasteiger partial charge in [-0.2, -0.15) is 0 Å². The second-order valence-corrected chi connectivity index (χ2v) is 4.28. The van der Waals surface area contributed by atoms with Crippen LogP contribution in [0.1, 0.15) is 16.1 Å². The van der Waals surface area contributed by atoms with Crippen molar-refractivity contribution in [1.29, 1.82) is 0 Å². The third kappa shape index (κ3) is 2.88. The van der Waals surface area contributed by atoms with E-state index in [9.17, 15) is 9.90 Å². The topological polar surface area (TPSA) is 62.5 Å². The number of halogens is 1. The molecule has 2 N–H and O–H groups in total. The summed E-state index contributed by atoms with van der Waals surface area (Å²) in [6.07, 6.45) is 1.55. The molecule has 0 aliphatic heterocycles. The molecule has 88 valence electrons.